The molecule has 0 bridgehead atoms. The molecule has 0 unspecified atom stereocenters. The molecule has 7 heteroatoms. The minimum Gasteiger partial charge on any atom is -0.385 e. The van der Waals surface area contributed by atoms with Crippen molar-refractivity contribution in [1.29, 1.82) is 0 Å². The highest BCUT2D eigenvalue weighted by molar-refractivity contribution is 7.89. The third-order valence-corrected chi connectivity index (χ3v) is 5.08. The number of nitrogens with one attached hydrogen (secondary N) is 2. The molecule has 0 atom stereocenters. The highest BCUT2D eigenvalue weighted by Gasteiger charge is 2.16. The van der Waals surface area contributed by atoms with Gasteiger partial charge in [-0.25, -0.2) is 13.1 Å². The van der Waals surface area contributed by atoms with Gasteiger partial charge < -0.3 is 10.1 Å². The highest BCUT2D eigenvalue weighted by Crippen LogP contribution is 2.16. The van der Waals surface area contributed by atoms with Crippen LogP contribution < -0.4 is 10.0 Å². The second-order valence-corrected chi connectivity index (χ2v) is 7.04. The molecular weight excluding hydrogens is 316 g/mol. The van der Waals surface area contributed by atoms with Gasteiger partial charge in [-0.15, -0.1) is 0 Å². The van der Waals surface area contributed by atoms with E-state index in [-0.39, 0.29) is 16.7 Å². The maximum atomic E-state index is 12.1. The summed E-state index contributed by atoms with van der Waals surface area (Å²) in [5.41, 5.74) is 0.597. The van der Waals surface area contributed by atoms with E-state index in [1.807, 2.05) is 13.8 Å². The molecule has 0 aliphatic rings. The third-order valence-electron chi connectivity index (χ3n) is 3.61. The number of amides is 1. The fraction of sp³-hybridized carbons (Fsp3) is 0.562. The molecule has 2 N–H and O–H groups in total. The smallest absolute Gasteiger partial charge is 0.240 e. The Bertz CT molecular complexity index is 581. The maximum absolute atomic E-state index is 12.1. The summed E-state index contributed by atoms with van der Waals surface area (Å²) in [5, 5.41) is 2.81. The number of ether oxygens (including phenoxy) is 1. The van der Waals surface area contributed by atoms with Crippen molar-refractivity contribution in [3.05, 3.63) is 24.3 Å². The normalized spacial score (nSPS) is 11.7. The average Bonchev–Trinajstić information content (AvgIpc) is 2.53. The standard InChI is InChI=1S/C16H26N2O4S/c1-4-13(5-2)16(19)18-14-7-9-15(10-8-14)23(20,21)17-11-6-12-22-3/h7-10,13,17H,4-6,11-12H2,1-3H3,(H,18,19). The number of methoxy groups -OCH3 is 1. The number of carbonyl (C=O) groups excluding carboxylic acids is 1. The largest absolute Gasteiger partial charge is 0.385 e. The second kappa shape index (κ2) is 9.64. The quantitative estimate of drug-likeness (QED) is 0.639. The van der Waals surface area contributed by atoms with E-state index in [1.54, 1.807) is 19.2 Å². The fourth-order valence-electron chi connectivity index (χ4n) is 2.13. The number of anilines is 1. The van der Waals surface area contributed by atoms with Crippen LogP contribution in [0.4, 0.5) is 5.69 Å². The van der Waals surface area contributed by atoms with E-state index < -0.39 is 10.0 Å². The molecular formula is C16H26N2O4S. The van der Waals surface area contributed by atoms with E-state index in [0.29, 0.717) is 25.3 Å². The summed E-state index contributed by atoms with van der Waals surface area (Å²) in [4.78, 5) is 12.2. The summed E-state index contributed by atoms with van der Waals surface area (Å²) in [7, 11) is -1.96. The maximum Gasteiger partial charge on any atom is 0.240 e. The van der Waals surface area contributed by atoms with Crippen molar-refractivity contribution in [2.45, 2.75) is 38.0 Å². The molecule has 0 aromatic heterocycles. The molecule has 0 aliphatic carbocycles. The van der Waals surface area contributed by atoms with E-state index in [0.717, 1.165) is 12.8 Å². The Morgan fingerprint density at radius 3 is 2.30 bits per heavy atom. The second-order valence-electron chi connectivity index (χ2n) is 5.27. The highest BCUT2D eigenvalue weighted by atomic mass is 32.2. The molecule has 0 aliphatic heterocycles. The van der Waals surface area contributed by atoms with Crippen molar-refractivity contribution >= 4 is 21.6 Å². The number of sulfonamides is 1. The van der Waals surface area contributed by atoms with Gasteiger partial charge in [0.25, 0.3) is 0 Å². The fourth-order valence-corrected chi connectivity index (χ4v) is 3.20. The van der Waals surface area contributed by atoms with Crippen LogP contribution in [0.15, 0.2) is 29.2 Å². The minimum absolute atomic E-state index is 0.0270. The summed E-state index contributed by atoms with van der Waals surface area (Å²) in [6.45, 7) is 4.77. The molecule has 1 aromatic rings. The summed E-state index contributed by atoms with van der Waals surface area (Å²) in [6, 6.07) is 6.18. The van der Waals surface area contributed by atoms with Crippen LogP contribution in [-0.4, -0.2) is 34.6 Å². The van der Waals surface area contributed by atoms with Crippen LogP contribution in [0.3, 0.4) is 0 Å². The van der Waals surface area contributed by atoms with E-state index >= 15 is 0 Å². The van der Waals surface area contributed by atoms with Gasteiger partial charge in [-0.05, 0) is 43.5 Å². The van der Waals surface area contributed by atoms with Crippen LogP contribution in [0.25, 0.3) is 0 Å². The van der Waals surface area contributed by atoms with Crippen LogP contribution in [0, 0.1) is 5.92 Å². The van der Waals surface area contributed by atoms with Crippen molar-refractivity contribution in [2.75, 3.05) is 25.6 Å². The lowest BCUT2D eigenvalue weighted by Gasteiger charge is -2.13. The Balaban J connectivity index is 2.67. The van der Waals surface area contributed by atoms with Crippen molar-refractivity contribution in [3.8, 4) is 0 Å². The van der Waals surface area contributed by atoms with Gasteiger partial charge >= 0.3 is 0 Å². The average molecular weight is 342 g/mol. The molecule has 0 fully saturated rings. The number of hydrogen-bond acceptors (Lipinski definition) is 4. The van der Waals surface area contributed by atoms with Crippen LogP contribution in [0.2, 0.25) is 0 Å². The van der Waals surface area contributed by atoms with Crippen molar-refractivity contribution < 1.29 is 17.9 Å². The molecule has 0 saturated heterocycles. The third kappa shape index (κ3) is 6.29. The monoisotopic (exact) mass is 342 g/mol. The van der Waals surface area contributed by atoms with E-state index in [2.05, 4.69) is 10.0 Å². The minimum atomic E-state index is -3.53. The van der Waals surface area contributed by atoms with Crippen molar-refractivity contribution in [1.82, 2.24) is 4.72 Å². The number of benzene rings is 1. The van der Waals surface area contributed by atoms with Crippen LogP contribution >= 0.6 is 0 Å². The molecule has 23 heavy (non-hydrogen) atoms. The lowest BCUT2D eigenvalue weighted by atomic mass is 10.0. The Hall–Kier alpha value is -1.44. The zero-order valence-corrected chi connectivity index (χ0v) is 14.8. The van der Waals surface area contributed by atoms with Crippen LogP contribution in [0.1, 0.15) is 33.1 Å². The molecule has 1 amide bonds. The first kappa shape index (κ1) is 19.6. The Morgan fingerprint density at radius 1 is 1.17 bits per heavy atom. The Kier molecular flexibility index (Phi) is 8.22. The molecule has 130 valence electrons. The summed E-state index contributed by atoms with van der Waals surface area (Å²) >= 11 is 0. The van der Waals surface area contributed by atoms with Gasteiger partial charge in [-0.3, -0.25) is 4.79 Å². The molecule has 0 heterocycles. The predicted octanol–water partition coefficient (Wildman–Crippen LogP) is 2.38. The van der Waals surface area contributed by atoms with E-state index in [4.69, 9.17) is 4.74 Å². The summed E-state index contributed by atoms with van der Waals surface area (Å²) < 4.78 is 31.6. The van der Waals surface area contributed by atoms with E-state index in [1.165, 1.54) is 12.1 Å². The molecule has 0 saturated carbocycles. The van der Waals surface area contributed by atoms with Crippen LogP contribution in [0.5, 0.6) is 0 Å². The molecule has 1 aromatic carbocycles. The van der Waals surface area contributed by atoms with Gasteiger partial charge in [0.1, 0.15) is 0 Å². The van der Waals surface area contributed by atoms with Crippen LogP contribution in [-0.2, 0) is 19.6 Å². The predicted molar refractivity (Wildman–Crippen MR) is 90.8 cm³/mol. The number of hydrogen-bond donors (Lipinski definition) is 2. The molecule has 0 spiro atoms. The molecule has 0 radical (unpaired) electrons. The Labute approximate surface area is 138 Å². The summed E-state index contributed by atoms with van der Waals surface area (Å²) in [6.07, 6.45) is 2.17. The van der Waals surface area contributed by atoms with Gasteiger partial charge in [0.15, 0.2) is 0 Å². The first-order valence-electron chi connectivity index (χ1n) is 7.84. The molecule has 1 rings (SSSR count). The number of rotatable bonds is 10. The zero-order chi connectivity index (χ0) is 17.3. The van der Waals surface area contributed by atoms with Gasteiger partial charge in [-0.2, -0.15) is 0 Å². The lowest BCUT2D eigenvalue weighted by molar-refractivity contribution is -0.120. The van der Waals surface area contributed by atoms with Gasteiger partial charge in [0.2, 0.25) is 15.9 Å². The molecule has 6 nitrogen and oxygen atoms in total. The van der Waals surface area contributed by atoms with Gasteiger partial charge in [-0.1, -0.05) is 13.8 Å². The topological polar surface area (TPSA) is 84.5 Å². The van der Waals surface area contributed by atoms with Crippen molar-refractivity contribution in [2.24, 2.45) is 5.92 Å². The van der Waals surface area contributed by atoms with Crippen molar-refractivity contribution in [3.63, 3.8) is 0 Å². The zero-order valence-electron chi connectivity index (χ0n) is 14.0. The Morgan fingerprint density at radius 2 is 1.78 bits per heavy atom. The SMILES string of the molecule is CCC(CC)C(=O)Nc1ccc(S(=O)(=O)NCCCOC)cc1. The van der Waals surface area contributed by atoms with Gasteiger partial charge in [0.05, 0.1) is 4.90 Å². The van der Waals surface area contributed by atoms with Gasteiger partial charge in [0, 0.05) is 31.9 Å². The summed E-state index contributed by atoms with van der Waals surface area (Å²) in [5.74, 6) is -0.0656. The number of carbonyl (C=O) groups is 1. The van der Waals surface area contributed by atoms with E-state index in [9.17, 15) is 13.2 Å². The first-order chi connectivity index (χ1) is 10.9. The lowest BCUT2D eigenvalue weighted by Crippen LogP contribution is -2.25. The first-order valence-corrected chi connectivity index (χ1v) is 9.32.